The maximum absolute atomic E-state index is 10.6. The summed E-state index contributed by atoms with van der Waals surface area (Å²) in [6.07, 6.45) is 0.344. The van der Waals surface area contributed by atoms with E-state index in [4.69, 9.17) is 5.73 Å². The molecular formula is C6H13NNa4O6P2. The Morgan fingerprint density at radius 2 is 1.26 bits per heavy atom. The van der Waals surface area contributed by atoms with Gasteiger partial charge < -0.3 is 34.4 Å². The van der Waals surface area contributed by atoms with Crippen LogP contribution in [0.15, 0.2) is 0 Å². The van der Waals surface area contributed by atoms with E-state index in [0.717, 1.165) is 0 Å². The van der Waals surface area contributed by atoms with Crippen molar-refractivity contribution in [3.05, 3.63) is 0 Å². The number of hydrogen-bond donors (Lipinski definition) is 1. The van der Waals surface area contributed by atoms with Crippen molar-refractivity contribution >= 4 is 15.2 Å². The van der Waals surface area contributed by atoms with E-state index in [0.29, 0.717) is 12.8 Å². The third-order valence-electron chi connectivity index (χ3n) is 1.90. The first kappa shape index (κ1) is 34.6. The van der Waals surface area contributed by atoms with Crippen molar-refractivity contribution in [2.75, 3.05) is 0 Å². The Morgan fingerprint density at radius 3 is 1.47 bits per heavy atom. The standard InChI is InChI=1S/C6H17NO6P2.4Na/c1-2-3-5(7)4-6(14(8,9)10)15(11,12)13;;;;/h5-6H,2-4,7H2,1H3,(H2,8,9,10)(H2,11,12,13);;;;/q;4*+1/p-4. The Bertz CT molecular complexity index is 275. The molecule has 19 heavy (non-hydrogen) atoms. The van der Waals surface area contributed by atoms with Gasteiger partial charge in [-0.1, -0.05) is 28.5 Å². The third-order valence-corrected chi connectivity index (χ3v) is 5.48. The van der Waals surface area contributed by atoms with Crippen molar-refractivity contribution in [2.45, 2.75) is 37.6 Å². The van der Waals surface area contributed by atoms with E-state index in [1.165, 1.54) is 0 Å². The molecule has 1 atom stereocenters. The molecule has 0 aromatic heterocycles. The van der Waals surface area contributed by atoms with E-state index in [1.807, 2.05) is 0 Å². The van der Waals surface area contributed by atoms with Gasteiger partial charge in [-0.05, 0) is 12.8 Å². The van der Waals surface area contributed by atoms with Crippen LogP contribution in [0.1, 0.15) is 26.2 Å². The smallest absolute Gasteiger partial charge is 0.810 e. The summed E-state index contributed by atoms with van der Waals surface area (Å²) in [6, 6.07) is -0.771. The molecule has 0 spiro atoms. The first-order valence-corrected chi connectivity index (χ1v) is 7.60. The molecule has 7 nitrogen and oxygen atoms in total. The summed E-state index contributed by atoms with van der Waals surface area (Å²) < 4.78 is 21.1. The zero-order valence-corrected chi connectivity index (χ0v) is 22.0. The second kappa shape index (κ2) is 15.8. The van der Waals surface area contributed by atoms with Crippen LogP contribution in [0.25, 0.3) is 0 Å². The molecule has 0 aliphatic heterocycles. The Kier molecular flexibility index (Phi) is 28.7. The van der Waals surface area contributed by atoms with Crippen LogP contribution in [-0.2, 0) is 9.13 Å². The van der Waals surface area contributed by atoms with Crippen LogP contribution in [0.2, 0.25) is 0 Å². The van der Waals surface area contributed by atoms with E-state index in [1.54, 1.807) is 6.92 Å². The van der Waals surface area contributed by atoms with Crippen LogP contribution >= 0.6 is 15.2 Å². The summed E-state index contributed by atoms with van der Waals surface area (Å²) in [5, 5.41) is -2.42. The minimum atomic E-state index is -5.44. The summed E-state index contributed by atoms with van der Waals surface area (Å²) in [6.45, 7) is 1.76. The maximum atomic E-state index is 10.6. The molecule has 92 valence electrons. The van der Waals surface area contributed by atoms with Crippen LogP contribution in [0.5, 0.6) is 0 Å². The molecular weight excluding hydrogens is 336 g/mol. The van der Waals surface area contributed by atoms with Crippen molar-refractivity contribution in [3.63, 3.8) is 0 Å². The summed E-state index contributed by atoms with van der Waals surface area (Å²) in [5.41, 5.74) is 5.38. The molecule has 0 aliphatic carbocycles. The molecule has 0 aliphatic rings. The molecule has 13 heteroatoms. The molecule has 0 saturated carbocycles. The fourth-order valence-corrected chi connectivity index (χ4v) is 3.63. The minimum absolute atomic E-state index is 0. The molecule has 0 bridgehead atoms. The van der Waals surface area contributed by atoms with Gasteiger partial charge in [-0.15, -0.1) is 0 Å². The van der Waals surface area contributed by atoms with Crippen molar-refractivity contribution in [3.8, 4) is 0 Å². The summed E-state index contributed by atoms with van der Waals surface area (Å²) in [5.74, 6) is 0. The SMILES string of the molecule is CCCC(N)CC(P(=O)([O-])[O-])P(=O)([O-])[O-].[Na+].[Na+].[Na+].[Na+]. The Morgan fingerprint density at radius 1 is 0.947 bits per heavy atom. The third kappa shape index (κ3) is 16.9. The van der Waals surface area contributed by atoms with Crippen LogP contribution < -0.4 is 144 Å². The monoisotopic (exact) mass is 349 g/mol. The molecule has 0 saturated heterocycles. The molecule has 1 unspecified atom stereocenters. The topological polar surface area (TPSA) is 152 Å². The van der Waals surface area contributed by atoms with Crippen LogP contribution in [0, 0.1) is 0 Å². The van der Waals surface area contributed by atoms with E-state index >= 15 is 0 Å². The van der Waals surface area contributed by atoms with E-state index < -0.39 is 33.1 Å². The van der Waals surface area contributed by atoms with Crippen LogP contribution in [0.4, 0.5) is 0 Å². The van der Waals surface area contributed by atoms with Gasteiger partial charge >= 0.3 is 118 Å². The summed E-state index contributed by atoms with van der Waals surface area (Å²) in [7, 11) is -10.9. The quantitative estimate of drug-likeness (QED) is 0.369. The molecule has 2 N–H and O–H groups in total. The average Bonchev–Trinajstić information content (AvgIpc) is 1.96. The van der Waals surface area contributed by atoms with E-state index in [2.05, 4.69) is 0 Å². The van der Waals surface area contributed by atoms with Gasteiger partial charge in [-0.25, -0.2) is 0 Å². The molecule has 0 amide bonds. The summed E-state index contributed by atoms with van der Waals surface area (Å²) in [4.78, 5) is 42.2. The van der Waals surface area contributed by atoms with Gasteiger partial charge in [0, 0.05) is 11.4 Å². The Balaban J connectivity index is -0.000000163. The van der Waals surface area contributed by atoms with Crippen LogP contribution in [0.3, 0.4) is 0 Å². The molecule has 0 heterocycles. The zero-order chi connectivity index (χ0) is 12.3. The second-order valence-electron chi connectivity index (χ2n) is 3.34. The second-order valence-corrected chi connectivity index (χ2v) is 7.16. The molecule has 0 radical (unpaired) electrons. The van der Waals surface area contributed by atoms with Gasteiger partial charge in [0.05, 0.1) is 0 Å². The molecule has 0 aromatic carbocycles. The van der Waals surface area contributed by atoms with Crippen molar-refractivity contribution in [1.82, 2.24) is 0 Å². The van der Waals surface area contributed by atoms with Gasteiger partial charge in [0.2, 0.25) is 0 Å². The molecule has 0 fully saturated rings. The summed E-state index contributed by atoms with van der Waals surface area (Å²) >= 11 is 0. The Labute approximate surface area is 202 Å². The number of nitrogens with two attached hydrogens (primary N) is 1. The van der Waals surface area contributed by atoms with E-state index in [9.17, 15) is 28.7 Å². The fraction of sp³-hybridized carbons (Fsp3) is 1.00. The fourth-order valence-electron chi connectivity index (χ4n) is 1.19. The van der Waals surface area contributed by atoms with Crippen molar-refractivity contribution < 1.29 is 147 Å². The number of rotatable bonds is 6. The predicted octanol–water partition coefficient (Wildman–Crippen LogP) is -14.3. The van der Waals surface area contributed by atoms with Crippen molar-refractivity contribution in [1.29, 1.82) is 0 Å². The zero-order valence-electron chi connectivity index (χ0n) is 12.2. The maximum Gasteiger partial charge on any atom is 1.00 e. The predicted molar refractivity (Wildman–Crippen MR) is 46.5 cm³/mol. The van der Waals surface area contributed by atoms with Gasteiger partial charge in [0.1, 0.15) is 0 Å². The van der Waals surface area contributed by atoms with Gasteiger partial charge in [-0.3, -0.25) is 0 Å². The molecule has 0 aromatic rings. The Hall–Kier alpha value is 4.26. The van der Waals surface area contributed by atoms with Gasteiger partial charge in [0.15, 0.2) is 0 Å². The largest absolute Gasteiger partial charge is 1.00 e. The van der Waals surface area contributed by atoms with Gasteiger partial charge in [-0.2, -0.15) is 0 Å². The first-order valence-electron chi connectivity index (χ1n) is 4.38. The normalized spacial score (nSPS) is 12.4. The average molecular weight is 349 g/mol. The van der Waals surface area contributed by atoms with E-state index in [-0.39, 0.29) is 118 Å². The first-order chi connectivity index (χ1) is 6.59. The van der Waals surface area contributed by atoms with Crippen LogP contribution in [-0.4, -0.2) is 11.4 Å². The number of hydrogen-bond acceptors (Lipinski definition) is 7. The minimum Gasteiger partial charge on any atom is -0.810 e. The van der Waals surface area contributed by atoms with Gasteiger partial charge in [0.25, 0.3) is 0 Å². The molecule has 0 rings (SSSR count). The van der Waals surface area contributed by atoms with Crippen molar-refractivity contribution in [2.24, 2.45) is 5.73 Å².